The fraction of sp³-hybridized carbons (Fsp3) is 0.545. The maximum atomic E-state index is 4.37. The molecule has 0 aromatic rings. The maximum Gasteiger partial charge on any atom is 0.0745 e. The van der Waals surface area contributed by atoms with Crippen molar-refractivity contribution in [3.63, 3.8) is 0 Å². The van der Waals surface area contributed by atoms with Crippen LogP contribution in [0.2, 0.25) is 0 Å². The van der Waals surface area contributed by atoms with E-state index in [0.29, 0.717) is 11.8 Å². The van der Waals surface area contributed by atoms with Gasteiger partial charge in [-0.25, -0.2) is 4.99 Å². The molecular weight excluding hydrogens is 160 g/mol. The van der Waals surface area contributed by atoms with Crippen LogP contribution in [0, 0.1) is 11.8 Å². The molecule has 0 aromatic heterocycles. The first kappa shape index (κ1) is 9.94. The Kier molecular flexibility index (Phi) is 3.21. The third kappa shape index (κ3) is 2.40. The van der Waals surface area contributed by atoms with Crippen molar-refractivity contribution < 1.29 is 0 Å². The zero-order chi connectivity index (χ0) is 9.84. The van der Waals surface area contributed by atoms with Gasteiger partial charge in [-0.1, -0.05) is 27.7 Å². The Labute approximate surface area is 79.8 Å². The monoisotopic (exact) mass is 176 g/mol. The Morgan fingerprint density at radius 1 is 1.08 bits per heavy atom. The van der Waals surface area contributed by atoms with Crippen molar-refractivity contribution in [1.82, 2.24) is 0 Å². The highest BCUT2D eigenvalue weighted by Crippen LogP contribution is 2.23. The van der Waals surface area contributed by atoms with Crippen molar-refractivity contribution in [1.29, 1.82) is 0 Å². The van der Waals surface area contributed by atoms with Gasteiger partial charge in [0.05, 0.1) is 11.4 Å². The van der Waals surface area contributed by atoms with Gasteiger partial charge in [0.2, 0.25) is 0 Å². The van der Waals surface area contributed by atoms with Crippen LogP contribution in [0.25, 0.3) is 0 Å². The summed E-state index contributed by atoms with van der Waals surface area (Å²) in [5.74, 6) is 3.69. The van der Waals surface area contributed by atoms with E-state index < -0.39 is 0 Å². The summed E-state index contributed by atoms with van der Waals surface area (Å²) in [7, 11) is 0. The Balaban J connectivity index is 3.15. The molecule has 0 bridgehead atoms. The van der Waals surface area contributed by atoms with Crippen LogP contribution < -0.4 is 0 Å². The summed E-state index contributed by atoms with van der Waals surface area (Å²) < 4.78 is 0. The second kappa shape index (κ2) is 4.20. The third-order valence-corrected chi connectivity index (χ3v) is 1.90. The number of rotatable bonds is 2. The first-order valence-corrected chi connectivity index (χ1v) is 4.69. The average Bonchev–Trinajstić information content (AvgIpc) is 2.27. The highest BCUT2D eigenvalue weighted by atomic mass is 14.8. The lowest BCUT2D eigenvalue weighted by Crippen LogP contribution is -2.01. The second-order valence-electron chi connectivity index (χ2n) is 3.77. The molecule has 0 atom stereocenters. The molecule has 0 saturated carbocycles. The molecule has 0 N–H and O–H groups in total. The smallest absolute Gasteiger partial charge is 0.0745 e. The summed E-state index contributed by atoms with van der Waals surface area (Å²) in [6, 6.07) is 0. The summed E-state index contributed by atoms with van der Waals surface area (Å²) in [4.78, 5) is 8.64. The van der Waals surface area contributed by atoms with Gasteiger partial charge in [-0.3, -0.25) is 4.99 Å². The highest BCUT2D eigenvalue weighted by Gasteiger charge is 2.12. The van der Waals surface area contributed by atoms with Crippen molar-refractivity contribution in [2.45, 2.75) is 27.7 Å². The minimum atomic E-state index is 0.411. The molecule has 13 heavy (non-hydrogen) atoms. The molecule has 0 radical (unpaired) electrons. The van der Waals surface area contributed by atoms with E-state index in [9.17, 15) is 0 Å². The first-order valence-electron chi connectivity index (χ1n) is 4.69. The number of hydrogen-bond acceptors (Lipinski definition) is 2. The van der Waals surface area contributed by atoms with E-state index in [1.54, 1.807) is 12.3 Å². The Bertz CT molecular complexity index is 300. The standard InChI is InChI=1S/C11H16N2/c1-8(2)10-11(9(3)4)13-7-5-6-12-10/h5-6,8-9H,1-4H3. The molecular formula is C11H16N2. The van der Waals surface area contributed by atoms with E-state index in [2.05, 4.69) is 43.5 Å². The van der Waals surface area contributed by atoms with Crippen molar-refractivity contribution in [2.75, 3.05) is 0 Å². The van der Waals surface area contributed by atoms with Crippen LogP contribution >= 0.6 is 0 Å². The van der Waals surface area contributed by atoms with E-state index in [1.807, 2.05) is 0 Å². The van der Waals surface area contributed by atoms with Crippen molar-refractivity contribution in [3.8, 4) is 0 Å². The first-order chi connectivity index (χ1) is 6.13. The summed E-state index contributed by atoms with van der Waals surface area (Å²) >= 11 is 0. The second-order valence-corrected chi connectivity index (χ2v) is 3.77. The summed E-state index contributed by atoms with van der Waals surface area (Å²) in [5, 5.41) is 0. The lowest BCUT2D eigenvalue weighted by Gasteiger charge is -2.12. The largest absolute Gasteiger partial charge is 0.258 e. The Morgan fingerprint density at radius 3 is 2.23 bits per heavy atom. The normalized spacial score (nSPS) is 16.2. The lowest BCUT2D eigenvalue weighted by molar-refractivity contribution is 0.679. The van der Waals surface area contributed by atoms with Gasteiger partial charge < -0.3 is 0 Å². The minimum Gasteiger partial charge on any atom is -0.258 e. The van der Waals surface area contributed by atoms with Gasteiger partial charge in [-0.05, 0) is 17.7 Å². The average molecular weight is 176 g/mol. The lowest BCUT2D eigenvalue weighted by atomic mass is 10.0. The molecule has 1 rings (SSSR count). The van der Waals surface area contributed by atoms with E-state index in [-0.39, 0.29) is 0 Å². The topological polar surface area (TPSA) is 24.7 Å². The molecule has 0 amide bonds. The van der Waals surface area contributed by atoms with Gasteiger partial charge in [0, 0.05) is 12.3 Å². The zero-order valence-corrected chi connectivity index (χ0v) is 8.70. The van der Waals surface area contributed by atoms with Gasteiger partial charge in [-0.15, -0.1) is 0 Å². The highest BCUT2D eigenvalue weighted by molar-refractivity contribution is 5.84. The fourth-order valence-electron chi connectivity index (χ4n) is 1.25. The predicted octanol–water partition coefficient (Wildman–Crippen LogP) is 2.82. The number of nitrogens with zero attached hydrogens (tertiary/aromatic N) is 2. The quantitative estimate of drug-likeness (QED) is 0.618. The zero-order valence-electron chi connectivity index (χ0n) is 8.70. The van der Waals surface area contributed by atoms with Gasteiger partial charge in [0.1, 0.15) is 0 Å². The van der Waals surface area contributed by atoms with Crippen LogP contribution in [0.5, 0.6) is 0 Å². The molecule has 0 saturated heterocycles. The fourth-order valence-corrected chi connectivity index (χ4v) is 1.25. The van der Waals surface area contributed by atoms with Crippen LogP contribution in [0.15, 0.2) is 27.5 Å². The molecule has 1 heterocycles. The van der Waals surface area contributed by atoms with Gasteiger partial charge in [-0.2, -0.15) is 0 Å². The molecule has 0 spiro atoms. The van der Waals surface area contributed by atoms with Crippen LogP contribution in [-0.2, 0) is 0 Å². The van der Waals surface area contributed by atoms with Gasteiger partial charge in [0.25, 0.3) is 0 Å². The van der Waals surface area contributed by atoms with Crippen LogP contribution in [-0.4, -0.2) is 12.1 Å². The van der Waals surface area contributed by atoms with E-state index >= 15 is 0 Å². The molecule has 0 fully saturated rings. The Hall–Kier alpha value is -1.14. The van der Waals surface area contributed by atoms with E-state index in [4.69, 9.17) is 0 Å². The van der Waals surface area contributed by atoms with Crippen LogP contribution in [0.4, 0.5) is 0 Å². The maximum absolute atomic E-state index is 4.37. The third-order valence-electron chi connectivity index (χ3n) is 1.90. The van der Waals surface area contributed by atoms with Gasteiger partial charge >= 0.3 is 0 Å². The number of allylic oxidation sites excluding steroid dienone is 3. The van der Waals surface area contributed by atoms with Gasteiger partial charge in [0.15, 0.2) is 0 Å². The molecule has 0 aromatic carbocycles. The van der Waals surface area contributed by atoms with Crippen LogP contribution in [0.3, 0.4) is 0 Å². The Morgan fingerprint density at radius 2 is 1.69 bits per heavy atom. The predicted molar refractivity (Wildman–Crippen MR) is 57.2 cm³/mol. The number of hydrogen-bond donors (Lipinski definition) is 0. The van der Waals surface area contributed by atoms with E-state index in [0.717, 1.165) is 11.4 Å². The minimum absolute atomic E-state index is 0.411. The van der Waals surface area contributed by atoms with Crippen molar-refractivity contribution in [2.24, 2.45) is 21.8 Å². The molecule has 2 heteroatoms. The van der Waals surface area contributed by atoms with E-state index in [1.165, 1.54) is 0 Å². The van der Waals surface area contributed by atoms with Crippen molar-refractivity contribution >= 4 is 12.1 Å². The molecule has 70 valence electrons. The van der Waals surface area contributed by atoms with Crippen LogP contribution in [0.1, 0.15) is 27.7 Å². The molecule has 0 aliphatic carbocycles. The summed E-state index contributed by atoms with van der Waals surface area (Å²) in [6.45, 7) is 8.53. The molecule has 1 aliphatic heterocycles. The SMILES string of the molecule is CC(C)C1=C(C(C)C)N=CC=C=N1. The summed E-state index contributed by atoms with van der Waals surface area (Å²) in [5.41, 5.74) is 2.14. The molecule has 1 aliphatic rings. The summed E-state index contributed by atoms with van der Waals surface area (Å²) in [6.07, 6.45) is 3.51. The molecule has 2 nitrogen and oxygen atoms in total. The van der Waals surface area contributed by atoms with Crippen molar-refractivity contribution in [3.05, 3.63) is 17.5 Å². The number of aliphatic imine (C=N–C) groups is 2. The molecule has 0 unspecified atom stereocenters.